The monoisotopic (exact) mass is 801 g/mol. The van der Waals surface area contributed by atoms with Crippen molar-refractivity contribution in [2.45, 2.75) is 216 Å². The standard InChI is InChI=1S/C45H80N6O6/c1-3-38-22-16-17-27-44(57-38)33-36-24-25-39-41(45(28-19-21-35(2)56-45)49-43(48-44)51(36)39)42(54)55-32-18-14-12-10-8-6-4-5-7-9-11-13-15-23-40(53)50(31-20-29-46)34-37(52)26-30-47/h16,22,35-39,41,52H,3-15,17-21,23-34,46-47H2,1-2H3,(H,48,49)/t35-,36+,37?,38+,39-,41-,44+,45-/m0/s1. The first-order chi connectivity index (χ1) is 27.7. The number of aliphatic hydroxyl groups is 1. The van der Waals surface area contributed by atoms with Gasteiger partial charge in [0.15, 0.2) is 11.7 Å². The molecule has 0 radical (unpaired) electrons. The van der Waals surface area contributed by atoms with Gasteiger partial charge in [0.25, 0.3) is 0 Å². The first-order valence-electron chi connectivity index (χ1n) is 23.4. The molecule has 5 heterocycles. The number of guanidine groups is 1. The quantitative estimate of drug-likeness (QED) is 0.0438. The summed E-state index contributed by atoms with van der Waals surface area (Å²) in [5.41, 5.74) is 9.88. The number of ether oxygens (including phenoxy) is 3. The zero-order valence-electron chi connectivity index (χ0n) is 35.8. The molecule has 0 aromatic rings. The minimum absolute atomic E-state index is 0.0307. The number of carbonyl (C=O) groups is 2. The summed E-state index contributed by atoms with van der Waals surface area (Å²) in [4.78, 5) is 36.3. The Labute approximate surface area is 344 Å². The number of nitrogens with two attached hydrogens (primary N) is 2. The molecule has 2 spiro atoms. The van der Waals surface area contributed by atoms with E-state index in [-0.39, 0.29) is 30.1 Å². The molecule has 12 heteroatoms. The lowest BCUT2D eigenvalue weighted by atomic mass is 9.80. The van der Waals surface area contributed by atoms with E-state index < -0.39 is 23.5 Å². The van der Waals surface area contributed by atoms with Crippen molar-refractivity contribution in [1.29, 1.82) is 0 Å². The highest BCUT2D eigenvalue weighted by atomic mass is 16.6. The molecule has 326 valence electrons. The van der Waals surface area contributed by atoms with E-state index in [0.29, 0.717) is 51.7 Å². The Hall–Kier alpha value is -2.25. The number of rotatable bonds is 25. The fourth-order valence-corrected chi connectivity index (χ4v) is 10.2. The zero-order chi connectivity index (χ0) is 40.5. The highest BCUT2D eigenvalue weighted by molar-refractivity contribution is 5.87. The van der Waals surface area contributed by atoms with Crippen LogP contribution in [0.25, 0.3) is 0 Å². The second-order valence-corrected chi connectivity index (χ2v) is 17.9. The molecule has 6 N–H and O–H groups in total. The highest BCUT2D eigenvalue weighted by Gasteiger charge is 2.62. The third kappa shape index (κ3) is 13.1. The van der Waals surface area contributed by atoms with Crippen molar-refractivity contribution in [2.75, 3.05) is 32.8 Å². The molecule has 0 aromatic carbocycles. The molecule has 5 rings (SSSR count). The lowest BCUT2D eigenvalue weighted by Crippen LogP contribution is -2.71. The van der Waals surface area contributed by atoms with Crippen molar-refractivity contribution in [3.63, 3.8) is 0 Å². The molecule has 3 saturated heterocycles. The van der Waals surface area contributed by atoms with E-state index in [1.807, 2.05) is 0 Å². The molecule has 0 aliphatic carbocycles. The minimum atomic E-state index is -0.886. The van der Waals surface area contributed by atoms with Gasteiger partial charge in [-0.05, 0) is 97.1 Å². The average Bonchev–Trinajstić information content (AvgIpc) is 3.49. The van der Waals surface area contributed by atoms with Crippen LogP contribution in [0.1, 0.15) is 174 Å². The van der Waals surface area contributed by atoms with E-state index >= 15 is 0 Å². The van der Waals surface area contributed by atoms with Crippen LogP contribution in [0.3, 0.4) is 0 Å². The number of carbonyl (C=O) groups excluding carboxylic acids is 2. The van der Waals surface area contributed by atoms with Gasteiger partial charge in [0.05, 0.1) is 31.0 Å². The summed E-state index contributed by atoms with van der Waals surface area (Å²) in [5.74, 6) is 0.440. The number of nitrogens with one attached hydrogen (secondary N) is 1. The molecule has 1 unspecified atom stereocenters. The molecule has 5 aliphatic rings. The fraction of sp³-hybridized carbons (Fsp3) is 0.889. The van der Waals surface area contributed by atoms with Crippen LogP contribution in [0.15, 0.2) is 17.1 Å². The second kappa shape index (κ2) is 23.5. The molecule has 1 amide bonds. The predicted octanol–water partition coefficient (Wildman–Crippen LogP) is 6.82. The summed E-state index contributed by atoms with van der Waals surface area (Å²) in [5, 5.41) is 13.9. The number of allylic oxidation sites excluding steroid dienone is 1. The van der Waals surface area contributed by atoms with E-state index in [4.69, 9.17) is 30.7 Å². The predicted molar refractivity (Wildman–Crippen MR) is 226 cm³/mol. The summed E-state index contributed by atoms with van der Waals surface area (Å²) < 4.78 is 19.6. The molecule has 0 bridgehead atoms. The topological polar surface area (TPSA) is 165 Å². The Morgan fingerprint density at radius 2 is 1.67 bits per heavy atom. The molecular formula is C45H80N6O6. The van der Waals surface area contributed by atoms with Gasteiger partial charge in [0.1, 0.15) is 11.6 Å². The van der Waals surface area contributed by atoms with Gasteiger partial charge < -0.3 is 45.9 Å². The maximum Gasteiger partial charge on any atom is 0.316 e. The lowest BCUT2D eigenvalue weighted by Gasteiger charge is -2.55. The number of nitrogens with zero attached hydrogens (tertiary/aromatic N) is 3. The Balaban J connectivity index is 0.943. The smallest absolute Gasteiger partial charge is 0.316 e. The maximum absolute atomic E-state index is 14.0. The van der Waals surface area contributed by atoms with Crippen LogP contribution in [-0.2, 0) is 23.8 Å². The molecule has 3 fully saturated rings. The summed E-state index contributed by atoms with van der Waals surface area (Å²) in [6.45, 7) is 6.68. The lowest BCUT2D eigenvalue weighted by molar-refractivity contribution is -0.194. The Bertz CT molecular complexity index is 1280. The number of unbranched alkanes of at least 4 members (excludes halogenated alkanes) is 12. The van der Waals surface area contributed by atoms with Crippen molar-refractivity contribution < 1.29 is 28.9 Å². The fourth-order valence-electron chi connectivity index (χ4n) is 10.2. The van der Waals surface area contributed by atoms with Gasteiger partial charge >= 0.3 is 5.97 Å². The van der Waals surface area contributed by atoms with Gasteiger partial charge in [0, 0.05) is 32.0 Å². The SMILES string of the molecule is CC[C@@H]1C=CCC[C@]2(C[C@H]3CC[C@H]4[C@@H](C(=O)OCCCCCCCCCCCCCCCC(=O)N(CCCN)CC(O)CCN)[C@@]5(CCC[C@H](C)O5)N=C(N2)N34)O1. The molecule has 0 saturated carbocycles. The van der Waals surface area contributed by atoms with Crippen LogP contribution in [0.2, 0.25) is 0 Å². The van der Waals surface area contributed by atoms with E-state index in [1.165, 1.54) is 57.8 Å². The second-order valence-electron chi connectivity index (χ2n) is 17.9. The van der Waals surface area contributed by atoms with E-state index in [1.54, 1.807) is 4.90 Å². The Morgan fingerprint density at radius 3 is 2.33 bits per heavy atom. The third-order valence-electron chi connectivity index (χ3n) is 13.2. The average molecular weight is 801 g/mol. The summed E-state index contributed by atoms with van der Waals surface area (Å²) in [6, 6.07) is 0.328. The molecule has 12 nitrogen and oxygen atoms in total. The molecular weight excluding hydrogens is 721 g/mol. The first kappa shape index (κ1) is 45.8. The largest absolute Gasteiger partial charge is 0.465 e. The summed E-state index contributed by atoms with van der Waals surface area (Å²) in [6.07, 6.45) is 29.4. The molecule has 0 aromatic heterocycles. The maximum atomic E-state index is 14.0. The van der Waals surface area contributed by atoms with Crippen LogP contribution in [0.5, 0.6) is 0 Å². The van der Waals surface area contributed by atoms with E-state index in [2.05, 4.69) is 36.2 Å². The van der Waals surface area contributed by atoms with Crippen LogP contribution >= 0.6 is 0 Å². The van der Waals surface area contributed by atoms with Gasteiger partial charge in [-0.3, -0.25) is 9.59 Å². The van der Waals surface area contributed by atoms with E-state index in [0.717, 1.165) is 95.9 Å². The van der Waals surface area contributed by atoms with Crippen molar-refractivity contribution in [1.82, 2.24) is 15.1 Å². The Kier molecular flexibility index (Phi) is 18.9. The van der Waals surface area contributed by atoms with Gasteiger partial charge in [-0.15, -0.1) is 0 Å². The minimum Gasteiger partial charge on any atom is -0.465 e. The van der Waals surface area contributed by atoms with Gasteiger partial charge in [-0.1, -0.05) is 89.7 Å². The first-order valence-corrected chi connectivity index (χ1v) is 23.4. The number of aliphatic hydroxyl groups excluding tert-OH is 1. The van der Waals surface area contributed by atoms with Crippen LogP contribution in [-0.4, -0.2) is 107 Å². The van der Waals surface area contributed by atoms with Crippen molar-refractivity contribution >= 4 is 17.8 Å². The summed E-state index contributed by atoms with van der Waals surface area (Å²) in [7, 11) is 0. The van der Waals surface area contributed by atoms with Crippen LogP contribution in [0.4, 0.5) is 0 Å². The number of esters is 1. The van der Waals surface area contributed by atoms with Crippen molar-refractivity contribution in [3.8, 4) is 0 Å². The molecule has 8 atom stereocenters. The number of amides is 1. The number of hydrogen-bond donors (Lipinski definition) is 4. The number of aliphatic imine (C=N–C) groups is 1. The van der Waals surface area contributed by atoms with Crippen molar-refractivity contribution in [3.05, 3.63) is 12.2 Å². The van der Waals surface area contributed by atoms with Crippen molar-refractivity contribution in [2.24, 2.45) is 22.4 Å². The van der Waals surface area contributed by atoms with Gasteiger partial charge in [-0.2, -0.15) is 0 Å². The molecule has 57 heavy (non-hydrogen) atoms. The normalized spacial score (nSPS) is 29.8. The third-order valence-corrected chi connectivity index (χ3v) is 13.2. The van der Waals surface area contributed by atoms with E-state index in [9.17, 15) is 14.7 Å². The summed E-state index contributed by atoms with van der Waals surface area (Å²) >= 11 is 0. The Morgan fingerprint density at radius 1 is 0.965 bits per heavy atom. The molecule has 5 aliphatic heterocycles. The van der Waals surface area contributed by atoms with Gasteiger partial charge in [-0.25, -0.2) is 4.99 Å². The zero-order valence-corrected chi connectivity index (χ0v) is 35.8. The van der Waals surface area contributed by atoms with Crippen LogP contribution in [0, 0.1) is 5.92 Å². The highest BCUT2D eigenvalue weighted by Crippen LogP contribution is 2.50. The van der Waals surface area contributed by atoms with Crippen LogP contribution < -0.4 is 16.8 Å². The number of hydrogen-bond acceptors (Lipinski definition) is 11. The van der Waals surface area contributed by atoms with Gasteiger partial charge in [0.2, 0.25) is 5.91 Å².